The molecule has 0 bridgehead atoms. The predicted octanol–water partition coefficient (Wildman–Crippen LogP) is -0.189. The van der Waals surface area contributed by atoms with Gasteiger partial charge in [-0.25, -0.2) is 12.7 Å². The zero-order chi connectivity index (χ0) is 14.1. The number of nitrogens with zero attached hydrogens (tertiary/aromatic N) is 1. The summed E-state index contributed by atoms with van der Waals surface area (Å²) in [5, 5.41) is 2.93. The second-order valence-electron chi connectivity index (χ2n) is 5.98. The molecule has 0 spiro atoms. The van der Waals surface area contributed by atoms with Gasteiger partial charge in [0, 0.05) is 25.0 Å². The minimum atomic E-state index is -3.20. The molecule has 2 aliphatic rings. The number of carbonyl (C=O) groups excluding carboxylic acids is 1. The lowest BCUT2D eigenvalue weighted by Crippen LogP contribution is -2.51. The second kappa shape index (κ2) is 5.38. The summed E-state index contributed by atoms with van der Waals surface area (Å²) in [7, 11) is -3.20. The fourth-order valence-corrected chi connectivity index (χ4v) is 3.37. The topological polar surface area (TPSA) is 75.7 Å². The fraction of sp³-hybridized carbons (Fsp3) is 0.917. The quantitative estimate of drug-likeness (QED) is 0.779. The molecule has 6 nitrogen and oxygen atoms in total. The number of rotatable bonds is 4. The van der Waals surface area contributed by atoms with Gasteiger partial charge >= 0.3 is 0 Å². The summed E-state index contributed by atoms with van der Waals surface area (Å²) in [4.78, 5) is 12.1. The predicted molar refractivity (Wildman–Crippen MR) is 71.1 cm³/mol. The van der Waals surface area contributed by atoms with Crippen LogP contribution in [-0.2, 0) is 19.6 Å². The van der Waals surface area contributed by atoms with Crippen molar-refractivity contribution in [1.82, 2.24) is 9.62 Å². The van der Waals surface area contributed by atoms with Crippen LogP contribution in [-0.4, -0.2) is 57.7 Å². The number of piperidine rings is 1. The highest BCUT2D eigenvalue weighted by Gasteiger charge is 2.35. The maximum Gasteiger partial charge on any atom is 0.224 e. The molecule has 0 aromatic rings. The number of sulfonamides is 1. The first-order valence-corrected chi connectivity index (χ1v) is 8.46. The van der Waals surface area contributed by atoms with E-state index in [1.807, 2.05) is 0 Å². The summed E-state index contributed by atoms with van der Waals surface area (Å²) in [6.45, 7) is 4.84. The maximum absolute atomic E-state index is 12.1. The Morgan fingerprint density at radius 1 is 1.47 bits per heavy atom. The molecule has 0 radical (unpaired) electrons. The lowest BCUT2D eigenvalue weighted by atomic mass is 9.88. The van der Waals surface area contributed by atoms with Crippen LogP contribution in [0.4, 0.5) is 0 Å². The Morgan fingerprint density at radius 2 is 2.16 bits per heavy atom. The van der Waals surface area contributed by atoms with E-state index in [-0.39, 0.29) is 17.2 Å². The summed E-state index contributed by atoms with van der Waals surface area (Å²) in [5.74, 6) is -0.269. The lowest BCUT2D eigenvalue weighted by Gasteiger charge is -2.38. The number of carbonyl (C=O) groups is 1. The zero-order valence-electron chi connectivity index (χ0n) is 11.5. The van der Waals surface area contributed by atoms with E-state index >= 15 is 0 Å². The Bertz CT molecular complexity index is 445. The Kier molecular flexibility index (Phi) is 4.17. The van der Waals surface area contributed by atoms with Crippen molar-refractivity contribution in [3.8, 4) is 0 Å². The number of amides is 1. The molecule has 2 saturated heterocycles. The van der Waals surface area contributed by atoms with E-state index in [0.29, 0.717) is 32.8 Å². The minimum Gasteiger partial charge on any atom is -0.380 e. The molecule has 19 heavy (non-hydrogen) atoms. The van der Waals surface area contributed by atoms with Gasteiger partial charge in [-0.1, -0.05) is 6.92 Å². The van der Waals surface area contributed by atoms with E-state index in [4.69, 9.17) is 4.74 Å². The molecule has 0 aromatic heterocycles. The van der Waals surface area contributed by atoms with Crippen molar-refractivity contribution < 1.29 is 17.9 Å². The largest absolute Gasteiger partial charge is 0.380 e. The van der Waals surface area contributed by atoms with Crippen LogP contribution in [0.2, 0.25) is 0 Å². The standard InChI is InChI=1S/C12H22N2O4S/c1-12(8-18-9-12)7-13-11(15)10-4-3-5-14(6-10)19(2,16)17/h10H,3-9H2,1-2H3,(H,13,15). The first-order valence-electron chi connectivity index (χ1n) is 6.61. The summed E-state index contributed by atoms with van der Waals surface area (Å²) in [6, 6.07) is 0. The molecule has 1 amide bonds. The molecule has 1 atom stereocenters. The highest BCUT2D eigenvalue weighted by atomic mass is 32.2. The molecule has 0 aliphatic carbocycles. The van der Waals surface area contributed by atoms with Crippen molar-refractivity contribution in [3.63, 3.8) is 0 Å². The van der Waals surface area contributed by atoms with Crippen molar-refractivity contribution in [3.05, 3.63) is 0 Å². The molecular weight excluding hydrogens is 268 g/mol. The minimum absolute atomic E-state index is 0.0403. The summed E-state index contributed by atoms with van der Waals surface area (Å²) >= 11 is 0. The van der Waals surface area contributed by atoms with E-state index < -0.39 is 10.0 Å². The van der Waals surface area contributed by atoms with E-state index in [1.165, 1.54) is 10.6 Å². The Labute approximate surface area is 114 Å². The smallest absolute Gasteiger partial charge is 0.224 e. The highest BCUT2D eigenvalue weighted by Crippen LogP contribution is 2.25. The number of hydrogen-bond acceptors (Lipinski definition) is 4. The lowest BCUT2D eigenvalue weighted by molar-refractivity contribution is -0.131. The molecule has 2 aliphatic heterocycles. The molecule has 1 N–H and O–H groups in total. The van der Waals surface area contributed by atoms with E-state index in [1.54, 1.807) is 0 Å². The van der Waals surface area contributed by atoms with Crippen LogP contribution < -0.4 is 5.32 Å². The molecule has 2 fully saturated rings. The van der Waals surface area contributed by atoms with Crippen molar-refractivity contribution in [2.24, 2.45) is 11.3 Å². The van der Waals surface area contributed by atoms with Crippen molar-refractivity contribution in [2.75, 3.05) is 39.1 Å². The Balaban J connectivity index is 1.85. The average molecular weight is 290 g/mol. The van der Waals surface area contributed by atoms with Gasteiger partial charge in [0.25, 0.3) is 0 Å². The number of nitrogens with one attached hydrogen (secondary N) is 1. The van der Waals surface area contributed by atoms with Crippen LogP contribution in [0.25, 0.3) is 0 Å². The highest BCUT2D eigenvalue weighted by molar-refractivity contribution is 7.88. The van der Waals surface area contributed by atoms with Gasteiger partial charge in [-0.3, -0.25) is 4.79 Å². The average Bonchev–Trinajstić information content (AvgIpc) is 2.33. The van der Waals surface area contributed by atoms with Crippen LogP contribution in [0.1, 0.15) is 19.8 Å². The van der Waals surface area contributed by atoms with Gasteiger partial charge in [-0.15, -0.1) is 0 Å². The molecule has 0 saturated carbocycles. The van der Waals surface area contributed by atoms with Crippen LogP contribution in [0.15, 0.2) is 0 Å². The first-order chi connectivity index (χ1) is 8.80. The van der Waals surface area contributed by atoms with Crippen LogP contribution in [0, 0.1) is 11.3 Å². The maximum atomic E-state index is 12.1. The molecular formula is C12H22N2O4S. The van der Waals surface area contributed by atoms with E-state index in [2.05, 4.69) is 12.2 Å². The van der Waals surface area contributed by atoms with Crippen LogP contribution in [0.3, 0.4) is 0 Å². The Morgan fingerprint density at radius 3 is 2.68 bits per heavy atom. The van der Waals surface area contributed by atoms with E-state index in [9.17, 15) is 13.2 Å². The van der Waals surface area contributed by atoms with Gasteiger partial charge in [0.15, 0.2) is 0 Å². The fourth-order valence-electron chi connectivity index (χ4n) is 2.46. The molecule has 0 aromatic carbocycles. The van der Waals surface area contributed by atoms with Gasteiger partial charge in [-0.05, 0) is 12.8 Å². The van der Waals surface area contributed by atoms with E-state index in [0.717, 1.165) is 12.8 Å². The van der Waals surface area contributed by atoms with Crippen molar-refractivity contribution in [1.29, 1.82) is 0 Å². The second-order valence-corrected chi connectivity index (χ2v) is 7.96. The molecule has 1 unspecified atom stereocenters. The van der Waals surface area contributed by atoms with Crippen molar-refractivity contribution in [2.45, 2.75) is 19.8 Å². The summed E-state index contributed by atoms with van der Waals surface area (Å²) in [6.07, 6.45) is 2.69. The normalized spacial score (nSPS) is 27.6. The third-order valence-corrected chi connectivity index (χ3v) is 5.08. The molecule has 7 heteroatoms. The van der Waals surface area contributed by atoms with Crippen molar-refractivity contribution >= 4 is 15.9 Å². The molecule has 110 valence electrons. The van der Waals surface area contributed by atoms with Gasteiger partial charge in [0.05, 0.1) is 25.4 Å². The number of hydrogen-bond donors (Lipinski definition) is 1. The Hall–Kier alpha value is -0.660. The van der Waals surface area contributed by atoms with Gasteiger partial charge < -0.3 is 10.1 Å². The van der Waals surface area contributed by atoms with Gasteiger partial charge in [-0.2, -0.15) is 0 Å². The first kappa shape index (κ1) is 14.7. The van der Waals surface area contributed by atoms with Crippen LogP contribution >= 0.6 is 0 Å². The van der Waals surface area contributed by atoms with Gasteiger partial charge in [0.2, 0.25) is 15.9 Å². The van der Waals surface area contributed by atoms with Crippen LogP contribution in [0.5, 0.6) is 0 Å². The molecule has 2 rings (SSSR count). The SMILES string of the molecule is CC1(CNC(=O)C2CCCN(S(C)(=O)=O)C2)COC1. The molecule has 2 heterocycles. The van der Waals surface area contributed by atoms with Gasteiger partial charge in [0.1, 0.15) is 0 Å². The summed E-state index contributed by atoms with van der Waals surface area (Å²) in [5.41, 5.74) is 0.0425. The third kappa shape index (κ3) is 3.67. The number of ether oxygens (including phenoxy) is 1. The third-order valence-electron chi connectivity index (χ3n) is 3.81. The zero-order valence-corrected chi connectivity index (χ0v) is 12.3. The monoisotopic (exact) mass is 290 g/mol. The summed E-state index contributed by atoms with van der Waals surface area (Å²) < 4.78 is 29.5.